The molecule has 0 N–H and O–H groups in total. The van der Waals surface area contributed by atoms with Gasteiger partial charge >= 0.3 is 5.97 Å². The van der Waals surface area contributed by atoms with Crippen molar-refractivity contribution in [3.8, 4) is 0 Å². The van der Waals surface area contributed by atoms with Crippen LogP contribution in [0.3, 0.4) is 0 Å². The van der Waals surface area contributed by atoms with Crippen molar-refractivity contribution in [2.24, 2.45) is 0 Å². The van der Waals surface area contributed by atoms with Gasteiger partial charge in [-0.25, -0.2) is 4.98 Å². The van der Waals surface area contributed by atoms with Gasteiger partial charge in [-0.15, -0.1) is 11.3 Å². The van der Waals surface area contributed by atoms with Crippen molar-refractivity contribution in [2.75, 3.05) is 13.2 Å². The molecule has 7 nitrogen and oxygen atoms in total. The van der Waals surface area contributed by atoms with Gasteiger partial charge in [0.15, 0.2) is 11.6 Å². The number of ketones is 1. The molecular weight excluding hydrogens is 378 g/mol. The molecule has 1 saturated heterocycles. The van der Waals surface area contributed by atoms with Gasteiger partial charge in [-0.1, -0.05) is 0 Å². The number of esters is 1. The number of thiazole rings is 1. The summed E-state index contributed by atoms with van der Waals surface area (Å²) in [5.41, 5.74) is 3.15. The van der Waals surface area contributed by atoms with Gasteiger partial charge in [0.1, 0.15) is 0 Å². The van der Waals surface area contributed by atoms with Crippen molar-refractivity contribution >= 4 is 28.1 Å². The molecule has 0 spiro atoms. The van der Waals surface area contributed by atoms with Crippen LogP contribution in [-0.2, 0) is 27.2 Å². The summed E-state index contributed by atoms with van der Waals surface area (Å²) in [6.45, 7) is 5.21. The summed E-state index contributed by atoms with van der Waals surface area (Å²) in [7, 11) is 0. The third-order valence-corrected chi connectivity index (χ3v) is 5.89. The summed E-state index contributed by atoms with van der Waals surface area (Å²) in [4.78, 5) is 29.9. The van der Waals surface area contributed by atoms with E-state index < -0.39 is 5.97 Å². The van der Waals surface area contributed by atoms with Crippen LogP contribution in [0.15, 0.2) is 23.8 Å². The van der Waals surface area contributed by atoms with E-state index in [-0.39, 0.29) is 24.9 Å². The lowest BCUT2D eigenvalue weighted by molar-refractivity contribution is -0.141. The number of aromatic nitrogens is 3. The van der Waals surface area contributed by atoms with Gasteiger partial charge in [-0.2, -0.15) is 0 Å². The molecule has 1 aliphatic rings. The number of rotatable bonds is 7. The number of hydrogen-bond acceptors (Lipinski definition) is 6. The molecule has 8 heteroatoms. The topological polar surface area (TPSA) is 74.8 Å². The maximum atomic E-state index is 12.6. The standard InChI is InChI=1S/C20H23N3O4S/c1-13-8-17(14(2)23(13)11-16-4-3-6-26-16)18(24)12-27-19(25)9-15-10-22-5-7-28-20(22)21-15/h5,7-8,10,16H,3-4,6,9,11-12H2,1-2H3/t16-/m0/s1. The van der Waals surface area contributed by atoms with Gasteiger partial charge in [0, 0.05) is 47.9 Å². The van der Waals surface area contributed by atoms with Gasteiger partial charge in [0.2, 0.25) is 5.78 Å². The highest BCUT2D eigenvalue weighted by Gasteiger charge is 2.22. The number of hydrogen-bond donors (Lipinski definition) is 0. The number of Topliss-reactive ketones (excluding diaryl/α,β-unsaturated/α-hetero) is 1. The Morgan fingerprint density at radius 1 is 1.39 bits per heavy atom. The summed E-state index contributed by atoms with van der Waals surface area (Å²) >= 11 is 1.50. The minimum atomic E-state index is -0.452. The monoisotopic (exact) mass is 401 g/mol. The van der Waals surface area contributed by atoms with Crippen LogP contribution in [0.2, 0.25) is 0 Å². The average molecular weight is 401 g/mol. The van der Waals surface area contributed by atoms with E-state index in [1.807, 2.05) is 35.9 Å². The molecule has 148 valence electrons. The van der Waals surface area contributed by atoms with Gasteiger partial charge < -0.3 is 14.0 Å². The molecule has 0 aromatic carbocycles. The third-order valence-electron chi connectivity index (χ3n) is 5.12. The normalized spacial score (nSPS) is 16.7. The number of carbonyl (C=O) groups excluding carboxylic acids is 2. The molecular formula is C20H23N3O4S. The van der Waals surface area contributed by atoms with E-state index in [1.54, 1.807) is 6.20 Å². The molecule has 3 aromatic rings. The predicted octanol–water partition coefficient (Wildman–Crippen LogP) is 2.96. The molecule has 0 unspecified atom stereocenters. The van der Waals surface area contributed by atoms with Crippen molar-refractivity contribution in [3.63, 3.8) is 0 Å². The summed E-state index contributed by atoms with van der Waals surface area (Å²) in [6, 6.07) is 1.87. The Morgan fingerprint density at radius 2 is 2.25 bits per heavy atom. The minimum absolute atomic E-state index is 0.0553. The van der Waals surface area contributed by atoms with Crippen LogP contribution >= 0.6 is 11.3 Å². The van der Waals surface area contributed by atoms with Gasteiger partial charge in [0.25, 0.3) is 0 Å². The molecule has 0 saturated carbocycles. The van der Waals surface area contributed by atoms with E-state index in [9.17, 15) is 9.59 Å². The van der Waals surface area contributed by atoms with Crippen LogP contribution < -0.4 is 0 Å². The van der Waals surface area contributed by atoms with Crippen molar-refractivity contribution in [3.05, 3.63) is 46.5 Å². The fraction of sp³-hybridized carbons (Fsp3) is 0.450. The van der Waals surface area contributed by atoms with Gasteiger partial charge in [-0.05, 0) is 32.8 Å². The Bertz CT molecular complexity index is 982. The van der Waals surface area contributed by atoms with E-state index >= 15 is 0 Å². The maximum Gasteiger partial charge on any atom is 0.312 e. The van der Waals surface area contributed by atoms with Crippen LogP contribution in [0.5, 0.6) is 0 Å². The second-order valence-corrected chi connectivity index (χ2v) is 7.99. The molecule has 0 aliphatic carbocycles. The number of carbonyl (C=O) groups is 2. The first kappa shape index (κ1) is 18.9. The fourth-order valence-electron chi connectivity index (χ4n) is 3.64. The van der Waals surface area contributed by atoms with E-state index in [2.05, 4.69) is 9.55 Å². The maximum absolute atomic E-state index is 12.6. The second-order valence-electron chi connectivity index (χ2n) is 7.12. The lowest BCUT2D eigenvalue weighted by atomic mass is 10.1. The minimum Gasteiger partial charge on any atom is -0.457 e. The predicted molar refractivity (Wildman–Crippen MR) is 105 cm³/mol. The number of fused-ring (bicyclic) bond motifs is 1. The quantitative estimate of drug-likeness (QED) is 0.449. The first-order valence-corrected chi connectivity index (χ1v) is 10.3. The number of nitrogens with zero attached hydrogens (tertiary/aromatic N) is 3. The summed E-state index contributed by atoms with van der Waals surface area (Å²) in [5, 5.41) is 1.93. The first-order valence-electron chi connectivity index (χ1n) is 9.39. The molecule has 4 heterocycles. The van der Waals surface area contributed by atoms with Crippen molar-refractivity contribution in [1.82, 2.24) is 14.0 Å². The molecule has 0 amide bonds. The molecule has 0 radical (unpaired) electrons. The van der Waals surface area contributed by atoms with Crippen molar-refractivity contribution in [1.29, 1.82) is 0 Å². The number of ether oxygens (including phenoxy) is 2. The smallest absolute Gasteiger partial charge is 0.312 e. The second kappa shape index (κ2) is 7.89. The summed E-state index contributed by atoms with van der Waals surface area (Å²) < 4.78 is 14.9. The molecule has 4 rings (SSSR count). The third kappa shape index (κ3) is 3.88. The van der Waals surface area contributed by atoms with Gasteiger partial charge in [0.05, 0.1) is 18.2 Å². The van der Waals surface area contributed by atoms with E-state index in [0.29, 0.717) is 11.3 Å². The lowest BCUT2D eigenvalue weighted by Crippen LogP contribution is -2.18. The zero-order valence-corrected chi connectivity index (χ0v) is 16.8. The Hall–Kier alpha value is -2.45. The van der Waals surface area contributed by atoms with Crippen LogP contribution in [0.25, 0.3) is 4.96 Å². The molecule has 1 aliphatic heterocycles. The van der Waals surface area contributed by atoms with Crippen LogP contribution in [-0.4, -0.2) is 45.0 Å². The molecule has 1 fully saturated rings. The largest absolute Gasteiger partial charge is 0.457 e. The molecule has 0 bridgehead atoms. The number of imidazole rings is 1. The van der Waals surface area contributed by atoms with Crippen LogP contribution in [0, 0.1) is 13.8 Å². The Balaban J connectivity index is 1.35. The average Bonchev–Trinajstić information content (AvgIpc) is 3.42. The zero-order chi connectivity index (χ0) is 19.7. The molecule has 1 atom stereocenters. The highest BCUT2D eigenvalue weighted by molar-refractivity contribution is 7.15. The first-order chi connectivity index (χ1) is 13.5. The molecule has 28 heavy (non-hydrogen) atoms. The van der Waals surface area contributed by atoms with Crippen molar-refractivity contribution in [2.45, 2.75) is 45.8 Å². The lowest BCUT2D eigenvalue weighted by Gasteiger charge is -2.14. The SMILES string of the molecule is Cc1cc(C(=O)COC(=O)Cc2cn3ccsc3n2)c(C)n1C[C@@H]1CCCO1. The fourth-order valence-corrected chi connectivity index (χ4v) is 4.36. The van der Waals surface area contributed by atoms with Crippen LogP contribution in [0.1, 0.15) is 40.3 Å². The Labute approximate surface area is 166 Å². The van der Waals surface area contributed by atoms with E-state index in [0.717, 1.165) is 42.3 Å². The Morgan fingerprint density at radius 3 is 3.00 bits per heavy atom. The van der Waals surface area contributed by atoms with Gasteiger partial charge in [-0.3, -0.25) is 14.0 Å². The zero-order valence-electron chi connectivity index (χ0n) is 16.0. The molecule has 3 aromatic heterocycles. The summed E-state index contributed by atoms with van der Waals surface area (Å²) in [6.07, 6.45) is 6.07. The van der Waals surface area contributed by atoms with E-state index in [4.69, 9.17) is 9.47 Å². The highest BCUT2D eigenvalue weighted by atomic mass is 32.1. The van der Waals surface area contributed by atoms with Crippen LogP contribution in [0.4, 0.5) is 0 Å². The summed E-state index contributed by atoms with van der Waals surface area (Å²) in [5.74, 6) is -0.641. The number of aryl methyl sites for hydroxylation is 1. The van der Waals surface area contributed by atoms with E-state index in [1.165, 1.54) is 11.3 Å². The van der Waals surface area contributed by atoms with Crippen molar-refractivity contribution < 1.29 is 19.1 Å². The Kier molecular flexibility index (Phi) is 5.32. The highest BCUT2D eigenvalue weighted by Crippen LogP contribution is 2.21.